The van der Waals surface area contributed by atoms with Gasteiger partial charge in [-0.25, -0.2) is 4.98 Å². The third-order valence-electron chi connectivity index (χ3n) is 4.84. The molecule has 3 heterocycles. The quantitative estimate of drug-likeness (QED) is 0.920. The fraction of sp³-hybridized carbons (Fsp3) is 0.438. The van der Waals surface area contributed by atoms with Gasteiger partial charge in [-0.15, -0.1) is 11.3 Å². The molecule has 6 heteroatoms. The van der Waals surface area contributed by atoms with Crippen molar-refractivity contribution in [1.82, 2.24) is 14.9 Å². The molecular weight excluding hydrogens is 296 g/mol. The monoisotopic (exact) mass is 314 g/mol. The van der Waals surface area contributed by atoms with Gasteiger partial charge in [0.1, 0.15) is 9.88 Å². The largest absolute Gasteiger partial charge is 0.337 e. The van der Waals surface area contributed by atoms with E-state index in [1.54, 1.807) is 18.6 Å². The van der Waals surface area contributed by atoms with Crippen LogP contribution < -0.4 is 5.73 Å². The molecule has 2 aromatic rings. The van der Waals surface area contributed by atoms with E-state index in [0.717, 1.165) is 36.5 Å². The lowest BCUT2D eigenvalue weighted by Crippen LogP contribution is -2.33. The number of nitrogens with zero attached hydrogens (tertiary/aromatic N) is 3. The number of nitrogens with two attached hydrogens (primary N) is 1. The predicted octanol–water partition coefficient (Wildman–Crippen LogP) is 2.01. The van der Waals surface area contributed by atoms with Gasteiger partial charge in [-0.3, -0.25) is 9.78 Å². The van der Waals surface area contributed by atoms with Crippen molar-refractivity contribution < 1.29 is 4.79 Å². The Morgan fingerprint density at radius 2 is 2.09 bits per heavy atom. The minimum atomic E-state index is 0.0967. The van der Waals surface area contributed by atoms with Crippen molar-refractivity contribution in [2.24, 2.45) is 17.6 Å². The van der Waals surface area contributed by atoms with Crippen molar-refractivity contribution in [2.45, 2.75) is 18.9 Å². The summed E-state index contributed by atoms with van der Waals surface area (Å²) in [6.45, 7) is 1.65. The smallest absolute Gasteiger partial charge is 0.265 e. The molecule has 1 amide bonds. The lowest BCUT2D eigenvalue weighted by atomic mass is 9.98. The molecule has 2 N–H and O–H groups in total. The number of hydrogen-bond acceptors (Lipinski definition) is 5. The number of aromatic nitrogens is 2. The molecule has 1 saturated carbocycles. The molecular formula is C16H18N4OS. The first-order valence-corrected chi connectivity index (χ1v) is 8.45. The normalized spacial score (nSPS) is 27.1. The lowest BCUT2D eigenvalue weighted by molar-refractivity contribution is 0.0784. The van der Waals surface area contributed by atoms with Gasteiger partial charge in [0.15, 0.2) is 0 Å². The van der Waals surface area contributed by atoms with Crippen LogP contribution in [0.1, 0.15) is 22.5 Å². The van der Waals surface area contributed by atoms with Crippen LogP contribution in [0.25, 0.3) is 10.6 Å². The van der Waals surface area contributed by atoms with Crippen molar-refractivity contribution in [3.8, 4) is 10.6 Å². The average molecular weight is 314 g/mol. The molecule has 22 heavy (non-hydrogen) atoms. The topological polar surface area (TPSA) is 72.1 Å². The van der Waals surface area contributed by atoms with Gasteiger partial charge in [0.2, 0.25) is 0 Å². The summed E-state index contributed by atoms with van der Waals surface area (Å²) in [6, 6.07) is 4.08. The van der Waals surface area contributed by atoms with Crippen LogP contribution in [0.2, 0.25) is 0 Å². The van der Waals surface area contributed by atoms with E-state index in [-0.39, 0.29) is 11.9 Å². The zero-order valence-corrected chi connectivity index (χ0v) is 13.0. The highest BCUT2D eigenvalue weighted by Gasteiger charge is 2.42. The molecule has 3 atom stereocenters. The van der Waals surface area contributed by atoms with Crippen LogP contribution in [-0.4, -0.2) is 39.9 Å². The number of carbonyl (C=O) groups excluding carboxylic acids is 1. The third kappa shape index (κ3) is 2.32. The first-order valence-electron chi connectivity index (χ1n) is 7.63. The van der Waals surface area contributed by atoms with E-state index >= 15 is 0 Å². The fourth-order valence-corrected chi connectivity index (χ4v) is 4.52. The van der Waals surface area contributed by atoms with Gasteiger partial charge in [-0.1, -0.05) is 0 Å². The Kier molecular flexibility index (Phi) is 3.43. The summed E-state index contributed by atoms with van der Waals surface area (Å²) >= 11 is 1.45. The molecule has 4 rings (SSSR count). The molecule has 2 aliphatic rings. The fourth-order valence-electron chi connectivity index (χ4n) is 3.63. The number of fused-ring (bicyclic) bond motifs is 1. The molecule has 114 valence electrons. The Morgan fingerprint density at radius 1 is 1.27 bits per heavy atom. The Bertz CT molecular complexity index is 686. The van der Waals surface area contributed by atoms with Crippen LogP contribution in [0.5, 0.6) is 0 Å². The summed E-state index contributed by atoms with van der Waals surface area (Å²) in [5, 5.41) is 0.863. The van der Waals surface area contributed by atoms with Gasteiger partial charge in [-0.05, 0) is 36.8 Å². The van der Waals surface area contributed by atoms with Crippen molar-refractivity contribution in [3.63, 3.8) is 0 Å². The standard InChI is InChI=1S/C16H18N4OS/c17-13-2-1-11-8-20(9-12(11)13)16(21)14-7-19-15(22-14)10-3-5-18-6-4-10/h3-7,11-13H,1-2,8-9,17H2. The number of carbonyl (C=O) groups is 1. The Labute approximate surface area is 133 Å². The Morgan fingerprint density at radius 3 is 2.86 bits per heavy atom. The van der Waals surface area contributed by atoms with Gasteiger partial charge >= 0.3 is 0 Å². The van der Waals surface area contributed by atoms with E-state index in [2.05, 4.69) is 9.97 Å². The summed E-state index contributed by atoms with van der Waals surface area (Å²) in [6.07, 6.45) is 7.42. The first kappa shape index (κ1) is 13.8. The maximum absolute atomic E-state index is 12.7. The van der Waals surface area contributed by atoms with Gasteiger partial charge < -0.3 is 10.6 Å². The van der Waals surface area contributed by atoms with Crippen LogP contribution in [0.15, 0.2) is 30.7 Å². The van der Waals surface area contributed by atoms with E-state index in [4.69, 9.17) is 5.73 Å². The maximum Gasteiger partial charge on any atom is 0.265 e. The average Bonchev–Trinajstić information content (AvgIpc) is 3.25. The second kappa shape index (κ2) is 5.44. The van der Waals surface area contributed by atoms with E-state index in [1.807, 2.05) is 17.0 Å². The van der Waals surface area contributed by atoms with Gasteiger partial charge in [0, 0.05) is 37.1 Å². The molecule has 0 radical (unpaired) electrons. The van der Waals surface area contributed by atoms with Crippen LogP contribution in [0.3, 0.4) is 0 Å². The molecule has 0 bridgehead atoms. The predicted molar refractivity (Wildman–Crippen MR) is 85.4 cm³/mol. The number of pyridine rings is 1. The zero-order valence-electron chi connectivity index (χ0n) is 12.2. The summed E-state index contributed by atoms with van der Waals surface area (Å²) in [7, 11) is 0. The van der Waals surface area contributed by atoms with Crippen LogP contribution >= 0.6 is 11.3 Å². The van der Waals surface area contributed by atoms with Crippen LogP contribution in [0.4, 0.5) is 0 Å². The zero-order chi connectivity index (χ0) is 15.1. The number of hydrogen-bond donors (Lipinski definition) is 1. The van der Waals surface area contributed by atoms with E-state index in [1.165, 1.54) is 11.3 Å². The third-order valence-corrected chi connectivity index (χ3v) is 5.88. The summed E-state index contributed by atoms with van der Waals surface area (Å²) < 4.78 is 0. The Hall–Kier alpha value is -1.79. The maximum atomic E-state index is 12.7. The highest BCUT2D eigenvalue weighted by Crippen LogP contribution is 2.38. The highest BCUT2D eigenvalue weighted by atomic mass is 32.1. The van der Waals surface area contributed by atoms with E-state index in [0.29, 0.717) is 16.7 Å². The lowest BCUT2D eigenvalue weighted by Gasteiger charge is -2.17. The molecule has 1 aliphatic carbocycles. The molecule has 2 fully saturated rings. The molecule has 0 spiro atoms. The number of amides is 1. The minimum Gasteiger partial charge on any atom is -0.337 e. The molecule has 2 aromatic heterocycles. The molecule has 1 aliphatic heterocycles. The molecule has 3 unspecified atom stereocenters. The molecule has 5 nitrogen and oxygen atoms in total. The van der Waals surface area contributed by atoms with Crippen LogP contribution in [-0.2, 0) is 0 Å². The van der Waals surface area contributed by atoms with Crippen molar-refractivity contribution in [3.05, 3.63) is 35.6 Å². The number of rotatable bonds is 2. The van der Waals surface area contributed by atoms with Gasteiger partial charge in [0.05, 0.1) is 6.20 Å². The van der Waals surface area contributed by atoms with E-state index < -0.39 is 0 Å². The second-order valence-electron chi connectivity index (χ2n) is 6.14. The summed E-state index contributed by atoms with van der Waals surface area (Å²) in [4.78, 5) is 23.7. The number of likely N-dealkylation sites (tertiary alicyclic amines) is 1. The van der Waals surface area contributed by atoms with Crippen molar-refractivity contribution in [1.29, 1.82) is 0 Å². The van der Waals surface area contributed by atoms with E-state index in [9.17, 15) is 4.79 Å². The number of thiazole rings is 1. The van der Waals surface area contributed by atoms with Crippen molar-refractivity contribution >= 4 is 17.2 Å². The molecule has 1 saturated heterocycles. The van der Waals surface area contributed by atoms with Crippen molar-refractivity contribution in [2.75, 3.05) is 13.1 Å². The Balaban J connectivity index is 1.51. The first-order chi connectivity index (χ1) is 10.7. The van der Waals surface area contributed by atoms with Gasteiger partial charge in [-0.2, -0.15) is 0 Å². The van der Waals surface area contributed by atoms with Gasteiger partial charge in [0.25, 0.3) is 5.91 Å². The van der Waals surface area contributed by atoms with Crippen LogP contribution in [0, 0.1) is 11.8 Å². The molecule has 0 aromatic carbocycles. The minimum absolute atomic E-state index is 0.0967. The SMILES string of the molecule is NC1CCC2CN(C(=O)c3cnc(-c4ccncc4)s3)CC12. The summed E-state index contributed by atoms with van der Waals surface area (Å²) in [5.41, 5.74) is 7.15. The summed E-state index contributed by atoms with van der Waals surface area (Å²) in [5.74, 6) is 1.17. The highest BCUT2D eigenvalue weighted by molar-refractivity contribution is 7.16. The second-order valence-corrected chi connectivity index (χ2v) is 7.17.